The van der Waals surface area contributed by atoms with Crippen molar-refractivity contribution in [2.75, 3.05) is 13.7 Å². The maximum atomic E-state index is 10.7. The summed E-state index contributed by atoms with van der Waals surface area (Å²) in [4.78, 5) is 15.3. The third kappa shape index (κ3) is 6.93. The molecular formula is C17H24NO3. The molecule has 1 rings (SSSR count). The van der Waals surface area contributed by atoms with Crippen LogP contribution in [-0.2, 0) is 9.63 Å². The second-order valence-electron chi connectivity index (χ2n) is 4.87. The monoisotopic (exact) mass is 290 g/mol. The minimum atomic E-state index is 0.153. The number of oxime groups is 1. The van der Waals surface area contributed by atoms with Crippen LogP contribution in [0.15, 0.2) is 29.4 Å². The average Bonchev–Trinajstić information content (AvgIpc) is 2.52. The summed E-state index contributed by atoms with van der Waals surface area (Å²) < 4.78 is 5.67. The fourth-order valence-electron chi connectivity index (χ4n) is 2.00. The highest BCUT2D eigenvalue weighted by molar-refractivity contribution is 6.36. The van der Waals surface area contributed by atoms with E-state index in [1.165, 1.54) is 39.2 Å². The molecule has 1 radical (unpaired) electrons. The Bertz CT molecular complexity index is 426. The van der Waals surface area contributed by atoms with E-state index in [2.05, 4.69) is 16.9 Å². The molecule has 0 unspecified atom stereocenters. The number of carbonyl (C=O) groups excluding carboxylic acids is 1. The molecule has 0 aliphatic heterocycles. The van der Waals surface area contributed by atoms with Crippen LogP contribution in [0.4, 0.5) is 0 Å². The maximum absolute atomic E-state index is 10.7. The molecule has 0 aliphatic carbocycles. The molecule has 0 atom stereocenters. The van der Waals surface area contributed by atoms with Gasteiger partial charge in [0.2, 0.25) is 0 Å². The highest BCUT2D eigenvalue weighted by atomic mass is 16.6. The van der Waals surface area contributed by atoms with Gasteiger partial charge in [-0.25, -0.2) is 0 Å². The van der Waals surface area contributed by atoms with E-state index in [-0.39, 0.29) is 5.71 Å². The van der Waals surface area contributed by atoms with Gasteiger partial charge in [-0.3, -0.25) is 4.79 Å². The van der Waals surface area contributed by atoms with Crippen molar-refractivity contribution < 1.29 is 14.4 Å². The molecule has 0 saturated carbocycles. The molecule has 0 saturated heterocycles. The van der Waals surface area contributed by atoms with Gasteiger partial charge in [-0.05, 0) is 30.7 Å². The largest absolute Gasteiger partial charge is 0.494 e. The minimum Gasteiger partial charge on any atom is -0.494 e. The van der Waals surface area contributed by atoms with Gasteiger partial charge in [-0.15, -0.1) is 0 Å². The lowest BCUT2D eigenvalue weighted by Crippen LogP contribution is -2.03. The smallest absolute Gasteiger partial charge is 0.257 e. The van der Waals surface area contributed by atoms with Crippen LogP contribution in [0, 0.1) is 0 Å². The molecule has 0 bridgehead atoms. The third-order valence-corrected chi connectivity index (χ3v) is 3.17. The Morgan fingerprint density at radius 2 is 1.76 bits per heavy atom. The van der Waals surface area contributed by atoms with Crippen molar-refractivity contribution in [3.8, 4) is 5.75 Å². The first-order valence-corrected chi connectivity index (χ1v) is 7.54. The molecule has 0 spiro atoms. The molecular weight excluding hydrogens is 266 g/mol. The van der Waals surface area contributed by atoms with Crippen LogP contribution in [-0.4, -0.2) is 25.7 Å². The Kier molecular flexibility index (Phi) is 8.93. The number of benzene rings is 1. The van der Waals surface area contributed by atoms with E-state index < -0.39 is 0 Å². The van der Waals surface area contributed by atoms with Gasteiger partial charge in [0.15, 0.2) is 5.71 Å². The van der Waals surface area contributed by atoms with Gasteiger partial charge >= 0.3 is 0 Å². The molecule has 0 amide bonds. The number of nitrogens with zero attached hydrogens (tertiary/aromatic N) is 1. The minimum absolute atomic E-state index is 0.153. The highest BCUT2D eigenvalue weighted by Gasteiger charge is 2.04. The van der Waals surface area contributed by atoms with Crippen molar-refractivity contribution in [2.24, 2.45) is 5.16 Å². The topological polar surface area (TPSA) is 47.9 Å². The van der Waals surface area contributed by atoms with Gasteiger partial charge in [-0.1, -0.05) is 44.2 Å². The zero-order chi connectivity index (χ0) is 15.3. The van der Waals surface area contributed by atoms with Crippen molar-refractivity contribution in [3.05, 3.63) is 29.8 Å². The first kappa shape index (κ1) is 17.2. The van der Waals surface area contributed by atoms with Crippen molar-refractivity contribution in [3.63, 3.8) is 0 Å². The highest BCUT2D eigenvalue weighted by Crippen LogP contribution is 2.14. The second kappa shape index (κ2) is 10.9. The number of hydrogen-bond donors (Lipinski definition) is 0. The predicted molar refractivity (Wildman–Crippen MR) is 84.6 cm³/mol. The van der Waals surface area contributed by atoms with Crippen LogP contribution in [0.5, 0.6) is 5.75 Å². The standard InChI is InChI=1S/C17H24NO3/c1-3-4-5-6-7-8-13-21-16-11-9-15(10-12-16)17(14-19)18-20-2/h9-12H,3-8,13H2,1-2H3/b18-17-. The van der Waals surface area contributed by atoms with Crippen LogP contribution in [0.1, 0.15) is 51.0 Å². The van der Waals surface area contributed by atoms with Crippen molar-refractivity contribution in [1.29, 1.82) is 0 Å². The van der Waals surface area contributed by atoms with Gasteiger partial charge < -0.3 is 9.57 Å². The number of ether oxygens (including phenoxy) is 1. The SMILES string of the molecule is CCCCCCCCOc1ccc(/C([C]=O)=N\OC)cc1. The molecule has 115 valence electrons. The molecule has 0 fully saturated rings. The number of unbranched alkanes of at least 4 members (excludes halogenated alkanes) is 5. The molecule has 0 aliphatic rings. The molecule has 0 heterocycles. The molecule has 0 N–H and O–H groups in total. The van der Waals surface area contributed by atoms with Crippen molar-refractivity contribution in [2.45, 2.75) is 45.4 Å². The van der Waals surface area contributed by atoms with E-state index in [0.29, 0.717) is 5.56 Å². The molecule has 21 heavy (non-hydrogen) atoms. The lowest BCUT2D eigenvalue weighted by molar-refractivity contribution is 0.214. The zero-order valence-electron chi connectivity index (χ0n) is 12.9. The first-order valence-electron chi connectivity index (χ1n) is 7.54. The zero-order valence-corrected chi connectivity index (χ0v) is 12.9. The van der Waals surface area contributed by atoms with Crippen LogP contribution in [0.2, 0.25) is 0 Å². The van der Waals surface area contributed by atoms with Gasteiger partial charge in [0, 0.05) is 5.56 Å². The normalized spacial score (nSPS) is 11.2. The molecule has 4 heteroatoms. The van der Waals surface area contributed by atoms with Crippen LogP contribution in [0.25, 0.3) is 0 Å². The van der Waals surface area contributed by atoms with Crippen molar-refractivity contribution >= 4 is 12.0 Å². The Balaban J connectivity index is 2.31. The number of hydrogen-bond acceptors (Lipinski definition) is 4. The summed E-state index contributed by atoms with van der Waals surface area (Å²) in [7, 11) is 1.40. The Hall–Kier alpha value is -1.84. The first-order chi connectivity index (χ1) is 10.3. The lowest BCUT2D eigenvalue weighted by atomic mass is 10.1. The molecule has 1 aromatic rings. The maximum Gasteiger partial charge on any atom is 0.257 e. The summed E-state index contributed by atoms with van der Waals surface area (Å²) in [6, 6.07) is 7.21. The summed E-state index contributed by atoms with van der Waals surface area (Å²) in [6.07, 6.45) is 9.22. The van der Waals surface area contributed by atoms with Crippen LogP contribution >= 0.6 is 0 Å². The van der Waals surface area contributed by atoms with E-state index in [1.54, 1.807) is 18.4 Å². The van der Waals surface area contributed by atoms with Crippen LogP contribution < -0.4 is 4.74 Å². The summed E-state index contributed by atoms with van der Waals surface area (Å²) >= 11 is 0. The van der Waals surface area contributed by atoms with E-state index in [9.17, 15) is 4.79 Å². The fraction of sp³-hybridized carbons (Fsp3) is 0.529. The second-order valence-corrected chi connectivity index (χ2v) is 4.87. The van der Waals surface area contributed by atoms with Crippen molar-refractivity contribution in [1.82, 2.24) is 0 Å². The third-order valence-electron chi connectivity index (χ3n) is 3.17. The van der Waals surface area contributed by atoms with E-state index in [1.807, 2.05) is 12.1 Å². The Morgan fingerprint density at radius 1 is 1.10 bits per heavy atom. The predicted octanol–water partition coefficient (Wildman–Crippen LogP) is 3.89. The average molecular weight is 290 g/mol. The Labute approximate surface area is 127 Å². The van der Waals surface area contributed by atoms with E-state index in [4.69, 9.17) is 4.74 Å². The summed E-state index contributed by atoms with van der Waals surface area (Å²) in [6.45, 7) is 2.95. The lowest BCUT2D eigenvalue weighted by Gasteiger charge is -2.06. The van der Waals surface area contributed by atoms with Gasteiger partial charge in [-0.2, -0.15) is 0 Å². The van der Waals surface area contributed by atoms with Gasteiger partial charge in [0.05, 0.1) is 6.61 Å². The summed E-state index contributed by atoms with van der Waals surface area (Å²) in [5.74, 6) is 0.801. The molecule has 0 aromatic heterocycles. The summed E-state index contributed by atoms with van der Waals surface area (Å²) in [5, 5.41) is 3.61. The quantitative estimate of drug-likeness (QED) is 0.353. The number of rotatable bonds is 11. The Morgan fingerprint density at radius 3 is 2.38 bits per heavy atom. The van der Waals surface area contributed by atoms with E-state index in [0.717, 1.165) is 18.8 Å². The molecule has 4 nitrogen and oxygen atoms in total. The van der Waals surface area contributed by atoms with Gasteiger partial charge in [0.1, 0.15) is 12.9 Å². The van der Waals surface area contributed by atoms with E-state index >= 15 is 0 Å². The summed E-state index contributed by atoms with van der Waals surface area (Å²) in [5.41, 5.74) is 0.818. The van der Waals surface area contributed by atoms with Crippen LogP contribution in [0.3, 0.4) is 0 Å². The molecule has 1 aromatic carbocycles. The fourth-order valence-corrected chi connectivity index (χ4v) is 2.00. The van der Waals surface area contributed by atoms with Gasteiger partial charge in [0.25, 0.3) is 6.29 Å².